The predicted octanol–water partition coefficient (Wildman–Crippen LogP) is 3.45. The first-order valence-electron chi connectivity index (χ1n) is 5.07. The van der Waals surface area contributed by atoms with Crippen LogP contribution in [-0.4, -0.2) is 14.0 Å². The molecule has 0 unspecified atom stereocenters. The van der Waals surface area contributed by atoms with Crippen molar-refractivity contribution >= 4 is 32.7 Å². The van der Waals surface area contributed by atoms with Crippen LogP contribution in [0.15, 0.2) is 0 Å². The maximum Gasteiger partial charge on any atom is 0.0910 e. The molecule has 72 valence electrons. The van der Waals surface area contributed by atoms with Crippen LogP contribution in [0.5, 0.6) is 0 Å². The van der Waals surface area contributed by atoms with Crippen LogP contribution < -0.4 is 0 Å². The molecule has 0 N–H and O–H groups in total. The summed E-state index contributed by atoms with van der Waals surface area (Å²) in [6.07, 6.45) is 9.94. The lowest BCUT2D eigenvalue weighted by Gasteiger charge is -2.19. The monoisotopic (exact) mass is 224 g/mol. The Kier molecular flexibility index (Phi) is 5.69. The van der Waals surface area contributed by atoms with Crippen LogP contribution in [0.3, 0.4) is 0 Å². The van der Waals surface area contributed by atoms with E-state index in [1.165, 1.54) is 44.9 Å². The second-order valence-electron chi connectivity index (χ2n) is 3.84. The Bertz CT molecular complexity index is 109. The Morgan fingerprint density at radius 3 is 1.92 bits per heavy atom. The Hall–Kier alpha value is 0.797. The van der Waals surface area contributed by atoms with E-state index in [1.807, 2.05) is 0 Å². The number of hydrogen-bond donors (Lipinski definition) is 0. The van der Waals surface area contributed by atoms with E-state index in [-0.39, 0.29) is 14.0 Å². The highest BCUT2D eigenvalue weighted by atomic mass is 35.5. The third-order valence-corrected chi connectivity index (χ3v) is 5.64. The molecule has 0 amide bonds. The normalized spacial score (nSPS) is 23.2. The summed E-state index contributed by atoms with van der Waals surface area (Å²) >= 11 is 11.7. The molecule has 1 rings (SSSR count). The minimum absolute atomic E-state index is 0.00516. The van der Waals surface area contributed by atoms with Crippen molar-refractivity contribution in [1.82, 2.24) is 0 Å². The molecule has 1 fully saturated rings. The van der Waals surface area contributed by atoms with Gasteiger partial charge >= 0.3 is 0 Å². The maximum absolute atomic E-state index is 5.83. The molecular formula is C9H18Cl2Si. The zero-order valence-electron chi connectivity index (χ0n) is 7.57. The van der Waals surface area contributed by atoms with E-state index in [1.54, 1.807) is 0 Å². The predicted molar refractivity (Wildman–Crippen MR) is 60.1 cm³/mol. The van der Waals surface area contributed by atoms with Crippen LogP contribution in [0, 0.1) is 0 Å². The molecule has 0 spiro atoms. The van der Waals surface area contributed by atoms with Gasteiger partial charge in [-0.25, -0.2) is 0 Å². The van der Waals surface area contributed by atoms with Gasteiger partial charge in [0.05, 0.1) is 14.0 Å². The van der Waals surface area contributed by atoms with Gasteiger partial charge in [0, 0.05) is 0 Å². The summed E-state index contributed by atoms with van der Waals surface area (Å²) in [4.78, 5) is 0. The molecule has 1 saturated carbocycles. The molecule has 0 atom stereocenters. The molecule has 0 nitrogen and oxygen atoms in total. The fourth-order valence-electron chi connectivity index (χ4n) is 2.03. The van der Waals surface area contributed by atoms with E-state index in [0.717, 1.165) is 5.54 Å². The first-order chi connectivity index (χ1) is 5.79. The van der Waals surface area contributed by atoms with E-state index in [0.29, 0.717) is 0 Å². The van der Waals surface area contributed by atoms with Crippen molar-refractivity contribution in [1.29, 1.82) is 0 Å². The van der Waals surface area contributed by atoms with Crippen LogP contribution >= 0.6 is 23.2 Å². The first kappa shape index (κ1) is 10.9. The van der Waals surface area contributed by atoms with Crippen molar-refractivity contribution < 1.29 is 0 Å². The van der Waals surface area contributed by atoms with Crippen LogP contribution in [0.4, 0.5) is 0 Å². The summed E-state index contributed by atoms with van der Waals surface area (Å²) < 4.78 is -0.00516. The Morgan fingerprint density at radius 1 is 0.917 bits per heavy atom. The van der Waals surface area contributed by atoms with Crippen molar-refractivity contribution in [2.45, 2.75) is 54.9 Å². The molecule has 0 saturated heterocycles. The molecule has 3 heteroatoms. The Labute approximate surface area is 87.8 Å². The number of rotatable bonds is 2. The minimum Gasteiger partial charge on any atom is -0.110 e. The molecule has 0 aromatic rings. The second-order valence-corrected chi connectivity index (χ2v) is 8.59. The van der Waals surface area contributed by atoms with Gasteiger partial charge in [-0.2, -0.15) is 0 Å². The van der Waals surface area contributed by atoms with E-state index >= 15 is 0 Å². The van der Waals surface area contributed by atoms with E-state index < -0.39 is 0 Å². The summed E-state index contributed by atoms with van der Waals surface area (Å²) in [5, 5.41) is 0. The van der Waals surface area contributed by atoms with Crippen molar-refractivity contribution in [2.75, 3.05) is 0 Å². The third-order valence-electron chi connectivity index (χ3n) is 2.74. The van der Waals surface area contributed by atoms with Crippen molar-refractivity contribution in [3.8, 4) is 0 Å². The zero-order chi connectivity index (χ0) is 8.81. The third kappa shape index (κ3) is 4.73. The molecule has 0 aromatic carbocycles. The summed E-state index contributed by atoms with van der Waals surface area (Å²) in [6, 6.07) is 0. The number of halogens is 2. The average molecular weight is 225 g/mol. The summed E-state index contributed by atoms with van der Waals surface area (Å²) in [6.45, 7) is 0. The van der Waals surface area contributed by atoms with Gasteiger partial charge in [0.25, 0.3) is 0 Å². The molecule has 0 aromatic heterocycles. The first-order valence-corrected chi connectivity index (χ1v) is 7.58. The van der Waals surface area contributed by atoms with Crippen LogP contribution in [0.2, 0.25) is 5.54 Å². The lowest BCUT2D eigenvalue weighted by Crippen LogP contribution is -2.12. The lowest BCUT2D eigenvalue weighted by molar-refractivity contribution is 0.501. The van der Waals surface area contributed by atoms with E-state index in [2.05, 4.69) is 0 Å². The molecule has 0 radical (unpaired) electrons. The average Bonchev–Trinajstić information content (AvgIpc) is 1.93. The van der Waals surface area contributed by atoms with Gasteiger partial charge in [-0.15, -0.1) is 23.2 Å². The molecule has 0 bridgehead atoms. The zero-order valence-corrected chi connectivity index (χ0v) is 10.5. The van der Waals surface area contributed by atoms with Gasteiger partial charge in [0.2, 0.25) is 0 Å². The van der Waals surface area contributed by atoms with E-state index in [9.17, 15) is 0 Å². The van der Waals surface area contributed by atoms with Gasteiger partial charge in [0.1, 0.15) is 0 Å². The highest BCUT2D eigenvalue weighted by Gasteiger charge is 2.14. The largest absolute Gasteiger partial charge is 0.110 e. The summed E-state index contributed by atoms with van der Waals surface area (Å²) in [7, 11) is -0.206. The summed E-state index contributed by atoms with van der Waals surface area (Å²) in [5.74, 6) is 0. The van der Waals surface area contributed by atoms with Crippen LogP contribution in [0.25, 0.3) is 0 Å². The molecule has 1 aliphatic rings. The molecular weight excluding hydrogens is 207 g/mol. The molecule has 1 aliphatic carbocycles. The molecule has 0 aliphatic heterocycles. The van der Waals surface area contributed by atoms with Crippen LogP contribution in [-0.2, 0) is 0 Å². The van der Waals surface area contributed by atoms with Crippen molar-refractivity contribution in [3.63, 3.8) is 0 Å². The second kappa shape index (κ2) is 6.28. The smallest absolute Gasteiger partial charge is 0.0910 e. The van der Waals surface area contributed by atoms with Gasteiger partial charge in [-0.1, -0.05) is 44.9 Å². The van der Waals surface area contributed by atoms with Gasteiger partial charge < -0.3 is 0 Å². The standard InChI is InChI=1S/C9H18Cl2Si/c10-9(11)12-8-6-4-2-1-3-5-7-8/h8-9H,1-7,12H2. The Morgan fingerprint density at radius 2 is 1.42 bits per heavy atom. The maximum atomic E-state index is 5.83. The SMILES string of the molecule is ClC(Cl)[SiH2]C1CCCCCCC1. The topological polar surface area (TPSA) is 0 Å². The van der Waals surface area contributed by atoms with Crippen LogP contribution in [0.1, 0.15) is 44.9 Å². The fraction of sp³-hybridized carbons (Fsp3) is 1.00. The number of hydrogen-bond acceptors (Lipinski definition) is 0. The van der Waals surface area contributed by atoms with Gasteiger partial charge in [-0.3, -0.25) is 0 Å². The molecule has 12 heavy (non-hydrogen) atoms. The highest BCUT2D eigenvalue weighted by Crippen LogP contribution is 2.27. The Balaban J connectivity index is 2.20. The van der Waals surface area contributed by atoms with Gasteiger partial charge in [0.15, 0.2) is 0 Å². The summed E-state index contributed by atoms with van der Waals surface area (Å²) in [5.41, 5.74) is 0.935. The minimum atomic E-state index is -0.206. The lowest BCUT2D eigenvalue weighted by atomic mass is 10.0. The highest BCUT2D eigenvalue weighted by molar-refractivity contribution is 6.69. The fourth-order valence-corrected chi connectivity index (χ4v) is 5.09. The van der Waals surface area contributed by atoms with E-state index in [4.69, 9.17) is 23.2 Å². The quantitative estimate of drug-likeness (QED) is 0.498. The molecule has 0 heterocycles. The van der Waals surface area contributed by atoms with Crippen molar-refractivity contribution in [3.05, 3.63) is 0 Å². The van der Waals surface area contributed by atoms with Crippen molar-refractivity contribution in [2.24, 2.45) is 0 Å². The number of alkyl halides is 2. The van der Waals surface area contributed by atoms with Gasteiger partial charge in [-0.05, 0) is 5.54 Å².